The fourth-order valence-corrected chi connectivity index (χ4v) is 8.71. The Morgan fingerprint density at radius 3 is 1.91 bits per heavy atom. The van der Waals surface area contributed by atoms with Crippen molar-refractivity contribution in [2.75, 3.05) is 0 Å². The molecular weight excluding hydrogens is 675 g/mol. The minimum Gasteiger partial charge on any atom is -0.454 e. The van der Waals surface area contributed by atoms with Gasteiger partial charge in [0.05, 0.1) is 28.4 Å². The second-order valence-electron chi connectivity index (χ2n) is 14.7. The van der Waals surface area contributed by atoms with Gasteiger partial charge in [-0.1, -0.05) is 135 Å². The Labute approximate surface area is 316 Å². The summed E-state index contributed by atoms with van der Waals surface area (Å²) >= 11 is 0. The summed E-state index contributed by atoms with van der Waals surface area (Å²) in [7, 11) is 0. The summed E-state index contributed by atoms with van der Waals surface area (Å²) in [4.78, 5) is 15.1. The van der Waals surface area contributed by atoms with Gasteiger partial charge >= 0.3 is 0 Å². The Hall–Kier alpha value is -7.36. The van der Waals surface area contributed by atoms with Crippen LogP contribution in [0.5, 0.6) is 0 Å². The van der Waals surface area contributed by atoms with Crippen LogP contribution in [0.4, 0.5) is 0 Å². The van der Waals surface area contributed by atoms with Gasteiger partial charge in [0.2, 0.25) is 0 Å². The highest BCUT2D eigenvalue weighted by molar-refractivity contribution is 6.18. The molecule has 0 radical (unpaired) electrons. The van der Waals surface area contributed by atoms with Crippen LogP contribution in [0.25, 0.3) is 94.7 Å². The van der Waals surface area contributed by atoms with E-state index >= 15 is 0 Å². The van der Waals surface area contributed by atoms with Gasteiger partial charge < -0.3 is 8.98 Å². The van der Waals surface area contributed by atoms with Crippen molar-refractivity contribution in [3.8, 4) is 57.0 Å². The van der Waals surface area contributed by atoms with Crippen LogP contribution >= 0.6 is 0 Å². The van der Waals surface area contributed by atoms with Gasteiger partial charge in [-0.2, -0.15) is 5.26 Å². The van der Waals surface area contributed by atoms with Crippen molar-refractivity contribution in [3.05, 3.63) is 168 Å². The smallest absolute Gasteiger partial charge is 0.166 e. The van der Waals surface area contributed by atoms with E-state index in [0.29, 0.717) is 39.8 Å². The average molecular weight is 706 g/mol. The molecule has 6 heteroatoms. The fraction of sp³-hybridized carbons (Fsp3) is 0.0612. The van der Waals surface area contributed by atoms with Gasteiger partial charge in [-0.15, -0.1) is 0 Å². The van der Waals surface area contributed by atoms with Crippen molar-refractivity contribution in [1.82, 2.24) is 19.5 Å². The molecule has 0 unspecified atom stereocenters. The number of furan rings is 1. The van der Waals surface area contributed by atoms with Gasteiger partial charge in [0.25, 0.3) is 0 Å². The third kappa shape index (κ3) is 4.50. The maximum Gasteiger partial charge on any atom is 0.166 e. The van der Waals surface area contributed by atoms with Crippen LogP contribution in [-0.2, 0) is 5.41 Å². The number of fused-ring (bicyclic) bond motifs is 9. The van der Waals surface area contributed by atoms with Crippen LogP contribution in [0.15, 0.2) is 156 Å². The van der Waals surface area contributed by atoms with Crippen LogP contribution in [0.1, 0.15) is 30.5 Å². The lowest BCUT2D eigenvalue weighted by Gasteiger charge is -2.21. The zero-order valence-corrected chi connectivity index (χ0v) is 30.1. The van der Waals surface area contributed by atoms with Crippen LogP contribution in [0.3, 0.4) is 0 Å². The number of hydrogen-bond acceptors (Lipinski definition) is 5. The van der Waals surface area contributed by atoms with E-state index in [1.54, 1.807) is 0 Å². The van der Waals surface area contributed by atoms with Crippen molar-refractivity contribution in [3.63, 3.8) is 0 Å². The summed E-state index contributed by atoms with van der Waals surface area (Å²) in [5.74, 6) is 1.46. The predicted octanol–water partition coefficient (Wildman–Crippen LogP) is 12.0. The van der Waals surface area contributed by atoms with E-state index in [1.807, 2.05) is 91.0 Å². The Morgan fingerprint density at radius 1 is 0.564 bits per heavy atom. The quantitative estimate of drug-likeness (QED) is 0.182. The highest BCUT2D eigenvalue weighted by Crippen LogP contribution is 2.51. The third-order valence-electron chi connectivity index (χ3n) is 11.3. The summed E-state index contributed by atoms with van der Waals surface area (Å²) in [6.45, 7) is 4.62. The topological polar surface area (TPSA) is 80.5 Å². The molecule has 0 N–H and O–H groups in total. The number of nitrogens with zero attached hydrogens (tertiary/aromatic N) is 5. The summed E-state index contributed by atoms with van der Waals surface area (Å²) in [6.07, 6.45) is 0. The van der Waals surface area contributed by atoms with Crippen molar-refractivity contribution >= 4 is 43.7 Å². The third-order valence-corrected chi connectivity index (χ3v) is 11.3. The van der Waals surface area contributed by atoms with Gasteiger partial charge in [-0.3, -0.25) is 0 Å². The molecule has 6 nitrogen and oxygen atoms in total. The minimum atomic E-state index is -0.146. The van der Waals surface area contributed by atoms with Gasteiger partial charge in [0.15, 0.2) is 23.1 Å². The van der Waals surface area contributed by atoms with Gasteiger partial charge in [0, 0.05) is 43.7 Å². The maximum atomic E-state index is 11.1. The van der Waals surface area contributed by atoms with E-state index in [-0.39, 0.29) is 5.41 Å². The fourth-order valence-electron chi connectivity index (χ4n) is 8.71. The summed E-state index contributed by atoms with van der Waals surface area (Å²) < 4.78 is 9.15. The van der Waals surface area contributed by atoms with Crippen molar-refractivity contribution in [2.45, 2.75) is 19.3 Å². The van der Waals surface area contributed by atoms with Crippen molar-refractivity contribution in [1.29, 1.82) is 5.26 Å². The van der Waals surface area contributed by atoms with Crippen LogP contribution in [-0.4, -0.2) is 19.5 Å². The van der Waals surface area contributed by atoms with Gasteiger partial charge in [0.1, 0.15) is 5.58 Å². The molecule has 0 atom stereocenters. The summed E-state index contributed by atoms with van der Waals surface area (Å²) in [5, 5.41) is 15.1. The zero-order chi connectivity index (χ0) is 36.8. The predicted molar refractivity (Wildman–Crippen MR) is 220 cm³/mol. The van der Waals surface area contributed by atoms with Crippen LogP contribution in [0.2, 0.25) is 0 Å². The molecule has 0 saturated heterocycles. The summed E-state index contributed by atoms with van der Waals surface area (Å²) in [5.41, 5.74) is 12.0. The molecule has 0 aliphatic heterocycles. The molecule has 0 amide bonds. The Morgan fingerprint density at radius 2 is 1.18 bits per heavy atom. The molecule has 0 bridgehead atoms. The number of para-hydroxylation sites is 2. The first-order valence-electron chi connectivity index (χ1n) is 18.4. The molecule has 258 valence electrons. The molecule has 0 spiro atoms. The molecule has 0 fully saturated rings. The number of rotatable bonds is 4. The first-order valence-corrected chi connectivity index (χ1v) is 18.4. The molecule has 55 heavy (non-hydrogen) atoms. The monoisotopic (exact) mass is 705 g/mol. The molecule has 3 aromatic heterocycles. The van der Waals surface area contributed by atoms with Gasteiger partial charge in [-0.05, 0) is 52.6 Å². The molecule has 11 rings (SSSR count). The highest BCUT2D eigenvalue weighted by atomic mass is 16.3. The van der Waals surface area contributed by atoms with E-state index in [4.69, 9.17) is 19.4 Å². The van der Waals surface area contributed by atoms with Crippen LogP contribution < -0.4 is 0 Å². The molecule has 1 aliphatic rings. The molecule has 0 saturated carbocycles. The lowest BCUT2D eigenvalue weighted by molar-refractivity contribution is 0.661. The van der Waals surface area contributed by atoms with Crippen molar-refractivity contribution < 1.29 is 4.42 Å². The van der Waals surface area contributed by atoms with Crippen molar-refractivity contribution in [2.24, 2.45) is 0 Å². The van der Waals surface area contributed by atoms with E-state index < -0.39 is 0 Å². The van der Waals surface area contributed by atoms with E-state index in [0.717, 1.165) is 49.4 Å². The van der Waals surface area contributed by atoms with E-state index in [9.17, 15) is 5.26 Å². The largest absolute Gasteiger partial charge is 0.454 e. The molecule has 3 heterocycles. The first kappa shape index (κ1) is 31.2. The lowest BCUT2D eigenvalue weighted by Crippen LogP contribution is -2.14. The first-order chi connectivity index (χ1) is 27.0. The van der Waals surface area contributed by atoms with Crippen LogP contribution in [0, 0.1) is 11.3 Å². The SMILES string of the molecule is CC1(C)c2ccccc2-c2cc3c(cc21)c1ccccc1n3-c1cc(C#N)c(-c2nc(-c3ccccc3)nc(-c3ccccc3)n2)c2c1oc1ccccc12. The Kier molecular flexibility index (Phi) is 6.56. The number of hydrogen-bond donors (Lipinski definition) is 0. The number of nitriles is 1. The summed E-state index contributed by atoms with van der Waals surface area (Å²) in [6, 6.07) is 54.2. The average Bonchev–Trinajstić information content (AvgIpc) is 3.86. The molecule has 10 aromatic rings. The second kappa shape index (κ2) is 11.6. The zero-order valence-electron chi connectivity index (χ0n) is 30.1. The van der Waals surface area contributed by atoms with E-state index in [2.05, 4.69) is 85.1 Å². The Bertz CT molecular complexity index is 3180. The maximum absolute atomic E-state index is 11.1. The standard InChI is InChI=1S/C49H31N5O/c1-49(2)37-22-12-9-19-32(37)35-27-40-36(26-38(35)49)33-20-10-13-23-39(33)54(40)41-25-31(28-50)43(44-34-21-11-14-24-42(34)55-45(41)44)48-52-46(29-15-5-3-6-16-29)51-47(53-48)30-17-7-4-8-18-30/h3-27H,1-2H3. The lowest BCUT2D eigenvalue weighted by atomic mass is 9.82. The number of benzene rings is 7. The highest BCUT2D eigenvalue weighted by Gasteiger charge is 2.36. The van der Waals surface area contributed by atoms with Gasteiger partial charge in [-0.25, -0.2) is 15.0 Å². The second-order valence-corrected chi connectivity index (χ2v) is 14.7. The van der Waals surface area contributed by atoms with E-state index in [1.165, 1.54) is 22.3 Å². The molecule has 7 aromatic carbocycles. The molecule has 1 aliphatic carbocycles. The molecular formula is C49H31N5O. The Balaban J connectivity index is 1.26. The minimum absolute atomic E-state index is 0.146. The number of aromatic nitrogens is 4. The normalized spacial score (nSPS) is 13.0.